The number of carbonyl (C=O) groups is 1. The Balaban J connectivity index is 1.83. The van der Waals surface area contributed by atoms with Crippen LogP contribution in [0.2, 0.25) is 0 Å². The lowest BCUT2D eigenvalue weighted by molar-refractivity contribution is -0.119. The molecule has 0 saturated carbocycles. The van der Waals surface area contributed by atoms with Crippen LogP contribution < -0.4 is 15.6 Å². The number of hydrogen-bond donors (Lipinski definition) is 2. The number of fused-ring (bicyclic) bond motifs is 1. The second-order valence-electron chi connectivity index (χ2n) is 8.93. The van der Waals surface area contributed by atoms with Crippen LogP contribution >= 0.6 is 0 Å². The topological polar surface area (TPSA) is 110 Å². The van der Waals surface area contributed by atoms with Crippen LogP contribution in [0.5, 0.6) is 0 Å². The monoisotopic (exact) mass is 494 g/mol. The van der Waals surface area contributed by atoms with Crippen molar-refractivity contribution in [3.8, 4) is 11.3 Å². The summed E-state index contributed by atoms with van der Waals surface area (Å²) in [4.78, 5) is 26.7. The van der Waals surface area contributed by atoms with Crippen LogP contribution in [0.1, 0.15) is 48.1 Å². The number of sulfonamides is 1. The van der Waals surface area contributed by atoms with Gasteiger partial charge in [0, 0.05) is 16.8 Å². The van der Waals surface area contributed by atoms with Gasteiger partial charge in [0.25, 0.3) is 5.56 Å². The van der Waals surface area contributed by atoms with Gasteiger partial charge in [-0.25, -0.2) is 17.8 Å². The van der Waals surface area contributed by atoms with Crippen molar-refractivity contribution in [3.63, 3.8) is 0 Å². The molecular formula is C26H30N4O4S. The Morgan fingerprint density at radius 1 is 1.03 bits per heavy atom. The third kappa shape index (κ3) is 4.78. The first-order valence-corrected chi connectivity index (χ1v) is 13.2. The van der Waals surface area contributed by atoms with Crippen LogP contribution in [0, 0.1) is 13.8 Å². The van der Waals surface area contributed by atoms with Gasteiger partial charge in [-0.3, -0.25) is 9.59 Å². The molecule has 3 aromatic rings. The largest absolute Gasteiger partial charge is 0.324 e. The Morgan fingerprint density at radius 3 is 2.40 bits per heavy atom. The molecule has 1 aromatic heterocycles. The maximum absolute atomic E-state index is 13.4. The number of amides is 1. The predicted molar refractivity (Wildman–Crippen MR) is 136 cm³/mol. The van der Waals surface area contributed by atoms with Crippen molar-refractivity contribution in [2.45, 2.75) is 57.4 Å². The number of nitrogens with zero attached hydrogens (tertiary/aromatic N) is 2. The smallest absolute Gasteiger partial charge is 0.271 e. The van der Waals surface area contributed by atoms with Gasteiger partial charge < -0.3 is 5.32 Å². The second-order valence-corrected chi connectivity index (χ2v) is 10.8. The van der Waals surface area contributed by atoms with E-state index < -0.39 is 16.1 Å². The fourth-order valence-corrected chi connectivity index (χ4v) is 5.45. The summed E-state index contributed by atoms with van der Waals surface area (Å²) >= 11 is 0. The molecule has 0 bridgehead atoms. The number of anilines is 1. The van der Waals surface area contributed by atoms with E-state index in [2.05, 4.69) is 15.1 Å². The van der Waals surface area contributed by atoms with E-state index in [4.69, 9.17) is 0 Å². The van der Waals surface area contributed by atoms with E-state index in [1.807, 2.05) is 37.3 Å². The molecule has 1 amide bonds. The summed E-state index contributed by atoms with van der Waals surface area (Å²) in [5.41, 5.74) is 4.55. The van der Waals surface area contributed by atoms with Crippen LogP contribution in [-0.2, 0) is 27.7 Å². The lowest BCUT2D eigenvalue weighted by Crippen LogP contribution is -2.37. The van der Waals surface area contributed by atoms with Crippen molar-refractivity contribution >= 4 is 21.6 Å². The zero-order chi connectivity index (χ0) is 25.3. The van der Waals surface area contributed by atoms with Crippen LogP contribution in [0.15, 0.2) is 52.2 Å². The van der Waals surface area contributed by atoms with Gasteiger partial charge in [0.2, 0.25) is 15.9 Å². The number of nitrogens with one attached hydrogen (secondary N) is 2. The lowest BCUT2D eigenvalue weighted by atomic mass is 9.89. The molecule has 0 fully saturated rings. The Bertz CT molecular complexity index is 1460. The lowest BCUT2D eigenvalue weighted by Gasteiger charge is -2.23. The zero-order valence-corrected chi connectivity index (χ0v) is 21.2. The van der Waals surface area contributed by atoms with Gasteiger partial charge in [0.05, 0.1) is 10.6 Å². The average Bonchev–Trinajstić information content (AvgIpc) is 2.85. The van der Waals surface area contributed by atoms with E-state index in [1.54, 1.807) is 26.0 Å². The Labute approximate surface area is 205 Å². The van der Waals surface area contributed by atoms with Crippen molar-refractivity contribution in [1.82, 2.24) is 14.5 Å². The van der Waals surface area contributed by atoms with Crippen LogP contribution in [0.25, 0.3) is 11.3 Å². The molecular weight excluding hydrogens is 464 g/mol. The maximum atomic E-state index is 13.4. The summed E-state index contributed by atoms with van der Waals surface area (Å²) in [6, 6.07) is 11.7. The van der Waals surface area contributed by atoms with Crippen molar-refractivity contribution in [1.29, 1.82) is 0 Å². The van der Waals surface area contributed by atoms with E-state index in [0.717, 1.165) is 24.0 Å². The normalized spacial score (nSPS) is 14.3. The van der Waals surface area contributed by atoms with Gasteiger partial charge in [0.1, 0.15) is 6.04 Å². The Morgan fingerprint density at radius 2 is 1.71 bits per heavy atom. The number of para-hydroxylation sites is 1. The second kappa shape index (κ2) is 9.75. The number of carbonyl (C=O) groups excluding carboxylic acids is 1. The number of rotatable bonds is 6. The summed E-state index contributed by atoms with van der Waals surface area (Å²) in [6.07, 6.45) is 3.08. The van der Waals surface area contributed by atoms with E-state index in [1.165, 1.54) is 11.7 Å². The first-order chi connectivity index (χ1) is 16.6. The number of aryl methyl sites for hydroxylation is 2. The Hall–Kier alpha value is -3.30. The first-order valence-electron chi connectivity index (χ1n) is 11.7. The van der Waals surface area contributed by atoms with Crippen LogP contribution in [-0.4, -0.2) is 31.2 Å². The van der Waals surface area contributed by atoms with E-state index in [-0.39, 0.29) is 16.4 Å². The molecule has 1 heterocycles. The Kier molecular flexibility index (Phi) is 6.91. The highest BCUT2D eigenvalue weighted by molar-refractivity contribution is 7.89. The molecule has 2 aromatic carbocycles. The first kappa shape index (κ1) is 24.8. The average molecular weight is 495 g/mol. The van der Waals surface area contributed by atoms with Crippen molar-refractivity contribution in [3.05, 3.63) is 75.1 Å². The molecule has 0 spiro atoms. The molecule has 1 aliphatic carbocycles. The predicted octanol–water partition coefficient (Wildman–Crippen LogP) is 3.51. The van der Waals surface area contributed by atoms with Gasteiger partial charge in [-0.15, -0.1) is 0 Å². The molecule has 2 N–H and O–H groups in total. The quantitative estimate of drug-likeness (QED) is 0.545. The number of aromatic nitrogens is 2. The SMILES string of the molecule is CNS(=O)(=O)c1cc(-c2nn([C@@H](C)C(=O)Nc3ccccc3C)c(=O)c3c2CCCC3)ccc1C. The molecule has 0 unspecified atom stereocenters. The minimum Gasteiger partial charge on any atom is -0.324 e. The van der Waals surface area contributed by atoms with E-state index in [9.17, 15) is 18.0 Å². The van der Waals surface area contributed by atoms with Crippen molar-refractivity contribution < 1.29 is 13.2 Å². The van der Waals surface area contributed by atoms with Gasteiger partial charge in [-0.1, -0.05) is 30.3 Å². The summed E-state index contributed by atoms with van der Waals surface area (Å²) < 4.78 is 28.7. The summed E-state index contributed by atoms with van der Waals surface area (Å²) in [5.74, 6) is -0.349. The molecule has 8 nitrogen and oxygen atoms in total. The minimum atomic E-state index is -3.68. The molecule has 1 atom stereocenters. The van der Waals surface area contributed by atoms with Crippen LogP contribution in [0.4, 0.5) is 5.69 Å². The zero-order valence-electron chi connectivity index (χ0n) is 20.4. The molecule has 9 heteroatoms. The molecule has 0 aliphatic heterocycles. The third-order valence-electron chi connectivity index (χ3n) is 6.60. The molecule has 0 saturated heterocycles. The molecule has 184 valence electrons. The summed E-state index contributed by atoms with van der Waals surface area (Å²) in [5, 5.41) is 7.54. The van der Waals surface area contributed by atoms with E-state index >= 15 is 0 Å². The fourth-order valence-electron chi connectivity index (χ4n) is 4.46. The fraction of sp³-hybridized carbons (Fsp3) is 0.346. The van der Waals surface area contributed by atoms with Gasteiger partial charge in [-0.05, 0) is 82.3 Å². The highest BCUT2D eigenvalue weighted by Gasteiger charge is 2.27. The van der Waals surface area contributed by atoms with E-state index in [0.29, 0.717) is 40.9 Å². The maximum Gasteiger partial charge on any atom is 0.271 e. The molecule has 0 radical (unpaired) electrons. The highest BCUT2D eigenvalue weighted by atomic mass is 32.2. The van der Waals surface area contributed by atoms with Crippen molar-refractivity contribution in [2.24, 2.45) is 0 Å². The van der Waals surface area contributed by atoms with Crippen molar-refractivity contribution in [2.75, 3.05) is 12.4 Å². The number of hydrogen-bond acceptors (Lipinski definition) is 5. The minimum absolute atomic E-state index is 0.159. The summed E-state index contributed by atoms with van der Waals surface area (Å²) in [6.45, 7) is 5.28. The molecule has 4 rings (SSSR count). The third-order valence-corrected chi connectivity index (χ3v) is 8.15. The standard InChI is InChI=1S/C26H30N4O4S/c1-16-9-5-8-12-22(16)28-25(31)18(3)30-26(32)21-11-7-6-10-20(21)24(29-30)19-14-13-17(2)23(15-19)35(33,34)27-4/h5,8-9,12-15,18,27H,6-7,10-11H2,1-4H3,(H,28,31)/t18-/m0/s1. The highest BCUT2D eigenvalue weighted by Crippen LogP contribution is 2.31. The molecule has 35 heavy (non-hydrogen) atoms. The van der Waals surface area contributed by atoms with Crippen LogP contribution in [0.3, 0.4) is 0 Å². The number of benzene rings is 2. The van der Waals surface area contributed by atoms with Gasteiger partial charge in [-0.2, -0.15) is 5.10 Å². The summed E-state index contributed by atoms with van der Waals surface area (Å²) in [7, 11) is -2.31. The van der Waals surface area contributed by atoms with Gasteiger partial charge in [0.15, 0.2) is 0 Å². The van der Waals surface area contributed by atoms with Gasteiger partial charge >= 0.3 is 0 Å². The molecule has 1 aliphatic rings.